The lowest BCUT2D eigenvalue weighted by atomic mass is 9.94. The number of amides is 2. The van der Waals surface area contributed by atoms with Crippen molar-refractivity contribution in [1.29, 1.82) is 0 Å². The van der Waals surface area contributed by atoms with Gasteiger partial charge >= 0.3 is 12.0 Å². The molecule has 0 bridgehead atoms. The number of aromatic nitrogens is 6. The van der Waals surface area contributed by atoms with E-state index in [0.29, 0.717) is 45.8 Å². The third-order valence-electron chi connectivity index (χ3n) is 8.02. The van der Waals surface area contributed by atoms with E-state index in [2.05, 4.69) is 19.9 Å². The maximum atomic E-state index is 15.0. The van der Waals surface area contributed by atoms with E-state index in [1.54, 1.807) is 23.6 Å². The number of carbonyl (C=O) groups is 2. The molecule has 0 spiro atoms. The van der Waals surface area contributed by atoms with Crippen LogP contribution >= 0.6 is 11.6 Å². The van der Waals surface area contributed by atoms with E-state index < -0.39 is 29.8 Å². The predicted molar refractivity (Wildman–Crippen MR) is 160 cm³/mol. The Bertz CT molecular complexity index is 2020. The average Bonchev–Trinajstić information content (AvgIpc) is 3.74. The van der Waals surface area contributed by atoms with Gasteiger partial charge < -0.3 is 15.0 Å². The zero-order valence-corrected chi connectivity index (χ0v) is 24.9. The van der Waals surface area contributed by atoms with E-state index in [9.17, 15) is 22.8 Å². The zero-order chi connectivity index (χ0) is 32.3. The fourth-order valence-electron chi connectivity index (χ4n) is 5.57. The number of carbonyl (C=O) groups excluding carboxylic acids is 2. The molecule has 1 saturated carbocycles. The number of pyridine rings is 2. The van der Waals surface area contributed by atoms with Gasteiger partial charge in [-0.3, -0.25) is 19.5 Å². The lowest BCUT2D eigenvalue weighted by Gasteiger charge is -2.33. The molecule has 2 amide bonds. The van der Waals surface area contributed by atoms with Crippen molar-refractivity contribution in [2.45, 2.75) is 44.9 Å². The number of primary amides is 1. The molecule has 5 aromatic rings. The number of imidazole rings is 1. The molecule has 2 aliphatic rings. The van der Waals surface area contributed by atoms with Crippen LogP contribution in [-0.2, 0) is 17.8 Å². The molecule has 0 unspecified atom stereocenters. The zero-order valence-electron chi connectivity index (χ0n) is 24.1. The Morgan fingerprint density at radius 1 is 1.13 bits per heavy atom. The van der Waals surface area contributed by atoms with Crippen molar-refractivity contribution in [2.24, 2.45) is 11.7 Å². The molecular formula is C31H24ClF3N8O3. The second-order valence-electron chi connectivity index (χ2n) is 11.2. The first-order chi connectivity index (χ1) is 22.0. The van der Waals surface area contributed by atoms with Crippen molar-refractivity contribution in [3.63, 3.8) is 0 Å². The van der Waals surface area contributed by atoms with E-state index in [1.165, 1.54) is 30.7 Å². The Kier molecular flexibility index (Phi) is 7.11. The molecule has 7 rings (SSSR count). The van der Waals surface area contributed by atoms with Crippen LogP contribution in [0.25, 0.3) is 22.3 Å². The van der Waals surface area contributed by atoms with Crippen LogP contribution in [0, 0.1) is 11.7 Å². The third-order valence-corrected chi connectivity index (χ3v) is 8.24. The Hall–Kier alpha value is -5.11. The summed E-state index contributed by atoms with van der Waals surface area (Å²) in [6.45, 7) is 1.51. The van der Waals surface area contributed by atoms with Crippen molar-refractivity contribution < 1.29 is 27.5 Å². The Morgan fingerprint density at radius 3 is 2.57 bits per heavy atom. The number of nitrogens with two attached hydrogens (primary N) is 1. The standard InChI is InChI=1S/C31H24ClF3N8O3/c1-15(28-38-11-19(33)12-39-28)43-14-40-26-24(25(27(36)44)21(41-29(26)43)8-16-2-3-16)17-4-7-22-23(9-17)46-31(34,35)30(45)42(22)13-20-6-5-18(32)10-37-20/h4-7,9-12,14-16H,2-3,8,13H2,1H3,(H2,36,44)/t15-/m1/s1. The molecule has 46 heavy (non-hydrogen) atoms. The number of halogens is 4. The molecule has 234 valence electrons. The fraction of sp³-hybridized carbons (Fsp3) is 0.258. The van der Waals surface area contributed by atoms with E-state index in [1.807, 2.05) is 0 Å². The first-order valence-electron chi connectivity index (χ1n) is 14.3. The number of rotatable bonds is 8. The number of hydrogen-bond acceptors (Lipinski definition) is 8. The van der Waals surface area contributed by atoms with Gasteiger partial charge in [0.25, 0.3) is 5.91 Å². The van der Waals surface area contributed by atoms with E-state index in [4.69, 9.17) is 27.1 Å². The van der Waals surface area contributed by atoms with E-state index in [0.717, 1.165) is 30.1 Å². The molecular weight excluding hydrogens is 625 g/mol. The quantitative estimate of drug-likeness (QED) is 0.240. The molecule has 11 nitrogen and oxygen atoms in total. The topological polar surface area (TPSA) is 142 Å². The number of fused-ring (bicyclic) bond motifs is 2. The summed E-state index contributed by atoms with van der Waals surface area (Å²) in [5.41, 5.74) is 8.08. The minimum Gasteiger partial charge on any atom is -0.423 e. The molecule has 0 saturated heterocycles. The second kappa shape index (κ2) is 11.1. The molecule has 1 aromatic carbocycles. The lowest BCUT2D eigenvalue weighted by molar-refractivity contribution is -0.193. The maximum Gasteiger partial charge on any atom is 0.482 e. The first kappa shape index (κ1) is 29.6. The third kappa shape index (κ3) is 5.27. The largest absolute Gasteiger partial charge is 0.482 e. The molecule has 1 atom stereocenters. The van der Waals surface area contributed by atoms with Gasteiger partial charge in [-0.05, 0) is 61.9 Å². The SMILES string of the molecule is C[C@H](c1ncc(F)cn1)n1cnc2c(-c3ccc4c(c3)OC(F)(F)C(=O)N4Cc3ccc(Cl)cn3)c(C(N)=O)c(CC3CC3)nc21. The van der Waals surface area contributed by atoms with Gasteiger partial charge in [-0.25, -0.2) is 24.3 Å². The van der Waals surface area contributed by atoms with Crippen LogP contribution in [0.1, 0.15) is 53.4 Å². The lowest BCUT2D eigenvalue weighted by Crippen LogP contribution is -2.50. The number of hydrogen-bond donors (Lipinski definition) is 1. The van der Waals surface area contributed by atoms with Crippen LogP contribution in [-0.4, -0.2) is 47.4 Å². The van der Waals surface area contributed by atoms with Crippen molar-refractivity contribution in [2.75, 3.05) is 4.90 Å². The van der Waals surface area contributed by atoms with Gasteiger partial charge in [0.15, 0.2) is 23.0 Å². The molecule has 1 aliphatic carbocycles. The second-order valence-corrected chi connectivity index (χ2v) is 11.7. The summed E-state index contributed by atoms with van der Waals surface area (Å²) in [6, 6.07) is 6.89. The monoisotopic (exact) mass is 648 g/mol. The number of benzene rings is 1. The molecule has 5 heterocycles. The van der Waals surface area contributed by atoms with E-state index >= 15 is 0 Å². The smallest absolute Gasteiger partial charge is 0.423 e. The van der Waals surface area contributed by atoms with Crippen LogP contribution in [0.4, 0.5) is 18.9 Å². The number of anilines is 1. The van der Waals surface area contributed by atoms with Crippen molar-refractivity contribution in [1.82, 2.24) is 29.5 Å². The van der Waals surface area contributed by atoms with Crippen molar-refractivity contribution in [3.8, 4) is 16.9 Å². The molecule has 0 radical (unpaired) electrons. The highest BCUT2D eigenvalue weighted by molar-refractivity contribution is 6.30. The summed E-state index contributed by atoms with van der Waals surface area (Å²) >= 11 is 5.91. The summed E-state index contributed by atoms with van der Waals surface area (Å²) in [6.07, 6.45) is 3.16. The highest BCUT2D eigenvalue weighted by Crippen LogP contribution is 2.45. The molecule has 4 aromatic heterocycles. The molecule has 1 fully saturated rings. The van der Waals surface area contributed by atoms with E-state index in [-0.39, 0.29) is 34.6 Å². The number of ether oxygens (including phenoxy) is 1. The van der Waals surface area contributed by atoms with Gasteiger partial charge in [-0.15, -0.1) is 0 Å². The minimum atomic E-state index is -4.18. The summed E-state index contributed by atoms with van der Waals surface area (Å²) in [4.78, 5) is 48.4. The molecule has 15 heteroatoms. The van der Waals surface area contributed by atoms with Gasteiger partial charge in [-0.1, -0.05) is 17.7 Å². The van der Waals surface area contributed by atoms with Crippen molar-refractivity contribution in [3.05, 3.63) is 88.9 Å². The fourth-order valence-corrected chi connectivity index (χ4v) is 5.68. The Morgan fingerprint density at radius 2 is 1.89 bits per heavy atom. The van der Waals surface area contributed by atoms with Gasteiger partial charge in [-0.2, -0.15) is 8.78 Å². The van der Waals surface area contributed by atoms with Crippen LogP contribution in [0.2, 0.25) is 5.02 Å². The summed E-state index contributed by atoms with van der Waals surface area (Å²) in [5, 5.41) is 0.351. The highest BCUT2D eigenvalue weighted by atomic mass is 35.5. The van der Waals surface area contributed by atoms with Crippen LogP contribution in [0.15, 0.2) is 55.2 Å². The number of alkyl halides is 2. The van der Waals surface area contributed by atoms with Gasteiger partial charge in [0.1, 0.15) is 5.52 Å². The summed E-state index contributed by atoms with van der Waals surface area (Å²) in [7, 11) is 0. The summed E-state index contributed by atoms with van der Waals surface area (Å²) < 4.78 is 50.1. The molecule has 1 aliphatic heterocycles. The Balaban J connectivity index is 1.39. The van der Waals surface area contributed by atoms with Crippen LogP contribution < -0.4 is 15.4 Å². The number of nitrogens with zero attached hydrogens (tertiary/aromatic N) is 7. The minimum absolute atomic E-state index is 0.0770. The van der Waals surface area contributed by atoms with Gasteiger partial charge in [0.2, 0.25) is 0 Å². The predicted octanol–water partition coefficient (Wildman–Crippen LogP) is 5.25. The molecule has 2 N–H and O–H groups in total. The first-order valence-corrected chi connectivity index (χ1v) is 14.7. The van der Waals surface area contributed by atoms with Gasteiger partial charge in [0.05, 0.1) is 59.0 Å². The van der Waals surface area contributed by atoms with Gasteiger partial charge in [0, 0.05) is 11.8 Å². The highest BCUT2D eigenvalue weighted by Gasteiger charge is 2.50. The normalized spacial score (nSPS) is 16.3. The van der Waals surface area contributed by atoms with Crippen LogP contribution in [0.3, 0.4) is 0 Å². The average molecular weight is 649 g/mol. The Labute approximate surface area is 264 Å². The van der Waals surface area contributed by atoms with Crippen LogP contribution in [0.5, 0.6) is 5.75 Å². The maximum absolute atomic E-state index is 15.0. The summed E-state index contributed by atoms with van der Waals surface area (Å²) in [5.74, 6) is -2.61. The van der Waals surface area contributed by atoms with Crippen molar-refractivity contribution >= 4 is 40.3 Å².